The van der Waals surface area contributed by atoms with Gasteiger partial charge in [-0.1, -0.05) is 29.8 Å². The van der Waals surface area contributed by atoms with E-state index in [0.29, 0.717) is 23.7 Å². The van der Waals surface area contributed by atoms with Crippen LogP contribution in [-0.4, -0.2) is 29.1 Å². The van der Waals surface area contributed by atoms with Crippen molar-refractivity contribution in [1.82, 2.24) is 10.3 Å². The number of amides is 1. The van der Waals surface area contributed by atoms with Crippen LogP contribution in [0.2, 0.25) is 5.02 Å². The van der Waals surface area contributed by atoms with Gasteiger partial charge in [0.25, 0.3) is 5.91 Å². The van der Waals surface area contributed by atoms with E-state index in [2.05, 4.69) is 10.3 Å². The molecule has 2 aromatic rings. The molecular formula is C13H13ClN2O2S. The fourth-order valence-electron chi connectivity index (χ4n) is 1.51. The predicted molar refractivity (Wildman–Crippen MR) is 76.6 cm³/mol. The standard InChI is InChI=1S/C13H13ClN2O2S/c14-10-5-2-1-4-9(10)13-16-11(8-19-13)12(18)15-6-3-7-17/h1-2,4-5,8,17H,3,6-7H2,(H,15,18). The van der Waals surface area contributed by atoms with E-state index in [0.717, 1.165) is 10.6 Å². The lowest BCUT2D eigenvalue weighted by Gasteiger charge is -2.01. The minimum absolute atomic E-state index is 0.0578. The highest BCUT2D eigenvalue weighted by Gasteiger charge is 2.12. The summed E-state index contributed by atoms with van der Waals surface area (Å²) in [5.41, 5.74) is 1.20. The van der Waals surface area contributed by atoms with Crippen LogP contribution < -0.4 is 5.32 Å². The van der Waals surface area contributed by atoms with Crippen molar-refractivity contribution >= 4 is 28.8 Å². The smallest absolute Gasteiger partial charge is 0.270 e. The summed E-state index contributed by atoms with van der Waals surface area (Å²) in [7, 11) is 0. The second-order valence-electron chi connectivity index (χ2n) is 3.85. The van der Waals surface area contributed by atoms with Crippen LogP contribution in [0.5, 0.6) is 0 Å². The third-order valence-electron chi connectivity index (χ3n) is 2.46. The summed E-state index contributed by atoms with van der Waals surface area (Å²) in [5, 5.41) is 14.4. The lowest BCUT2D eigenvalue weighted by Crippen LogP contribution is -2.25. The van der Waals surface area contributed by atoms with E-state index in [1.54, 1.807) is 11.4 Å². The first-order valence-electron chi connectivity index (χ1n) is 5.82. The van der Waals surface area contributed by atoms with E-state index < -0.39 is 0 Å². The predicted octanol–water partition coefficient (Wildman–Crippen LogP) is 2.58. The minimum Gasteiger partial charge on any atom is -0.396 e. The lowest BCUT2D eigenvalue weighted by molar-refractivity contribution is 0.0947. The minimum atomic E-state index is -0.233. The van der Waals surface area contributed by atoms with Crippen molar-refractivity contribution in [2.45, 2.75) is 6.42 Å². The average Bonchev–Trinajstić information content (AvgIpc) is 2.89. The van der Waals surface area contributed by atoms with Crippen LogP contribution in [0.25, 0.3) is 10.6 Å². The average molecular weight is 297 g/mol. The van der Waals surface area contributed by atoms with Gasteiger partial charge in [0.2, 0.25) is 0 Å². The summed E-state index contributed by atoms with van der Waals surface area (Å²) in [4.78, 5) is 16.0. The Morgan fingerprint density at radius 3 is 2.95 bits per heavy atom. The number of rotatable bonds is 5. The van der Waals surface area contributed by atoms with Gasteiger partial charge in [0.1, 0.15) is 10.7 Å². The molecule has 2 rings (SSSR count). The van der Waals surface area contributed by atoms with Crippen LogP contribution in [0.1, 0.15) is 16.9 Å². The highest BCUT2D eigenvalue weighted by atomic mass is 35.5. The Morgan fingerprint density at radius 2 is 2.21 bits per heavy atom. The van der Waals surface area contributed by atoms with Gasteiger partial charge in [0.05, 0.1) is 5.02 Å². The van der Waals surface area contributed by atoms with Crippen molar-refractivity contribution in [3.05, 3.63) is 40.4 Å². The molecule has 0 spiro atoms. The fourth-order valence-corrected chi connectivity index (χ4v) is 2.63. The van der Waals surface area contributed by atoms with E-state index in [9.17, 15) is 4.79 Å². The molecule has 0 fully saturated rings. The molecule has 0 aliphatic rings. The molecule has 0 saturated heterocycles. The Labute approximate surface area is 120 Å². The van der Waals surface area contributed by atoms with Crippen molar-refractivity contribution in [3.8, 4) is 10.6 Å². The summed E-state index contributed by atoms with van der Waals surface area (Å²) in [6.07, 6.45) is 0.535. The molecule has 0 saturated carbocycles. The molecule has 1 amide bonds. The number of aliphatic hydroxyl groups is 1. The number of aliphatic hydroxyl groups excluding tert-OH is 1. The van der Waals surface area contributed by atoms with Crippen molar-refractivity contribution in [2.75, 3.05) is 13.2 Å². The van der Waals surface area contributed by atoms with Crippen molar-refractivity contribution in [3.63, 3.8) is 0 Å². The SMILES string of the molecule is O=C(NCCCO)c1csc(-c2ccccc2Cl)n1. The van der Waals surface area contributed by atoms with Gasteiger partial charge in [-0.2, -0.15) is 0 Å². The summed E-state index contributed by atoms with van der Waals surface area (Å²) in [6, 6.07) is 7.39. The van der Waals surface area contributed by atoms with Gasteiger partial charge in [0, 0.05) is 24.1 Å². The van der Waals surface area contributed by atoms with Crippen LogP contribution >= 0.6 is 22.9 Å². The molecule has 4 nitrogen and oxygen atoms in total. The molecule has 0 radical (unpaired) electrons. The zero-order valence-corrected chi connectivity index (χ0v) is 11.7. The van der Waals surface area contributed by atoms with Gasteiger partial charge in [0.15, 0.2) is 0 Å². The van der Waals surface area contributed by atoms with Gasteiger partial charge in [-0.05, 0) is 12.5 Å². The maximum absolute atomic E-state index is 11.8. The third kappa shape index (κ3) is 3.53. The molecule has 0 bridgehead atoms. The normalized spacial score (nSPS) is 10.4. The number of aromatic nitrogens is 1. The molecule has 0 aliphatic heterocycles. The Bertz CT molecular complexity index is 571. The molecule has 19 heavy (non-hydrogen) atoms. The molecule has 1 aromatic carbocycles. The molecule has 0 atom stereocenters. The highest BCUT2D eigenvalue weighted by molar-refractivity contribution is 7.13. The van der Waals surface area contributed by atoms with E-state index >= 15 is 0 Å². The number of nitrogens with zero attached hydrogens (tertiary/aromatic N) is 1. The highest BCUT2D eigenvalue weighted by Crippen LogP contribution is 2.29. The molecule has 100 valence electrons. The van der Waals surface area contributed by atoms with Gasteiger partial charge in [-0.25, -0.2) is 4.98 Å². The maximum atomic E-state index is 11.8. The Morgan fingerprint density at radius 1 is 1.42 bits per heavy atom. The largest absolute Gasteiger partial charge is 0.396 e. The van der Waals surface area contributed by atoms with Crippen molar-refractivity contribution in [1.29, 1.82) is 0 Å². The molecule has 2 N–H and O–H groups in total. The molecule has 0 aliphatic carbocycles. The molecule has 6 heteroatoms. The first-order valence-corrected chi connectivity index (χ1v) is 7.07. The second-order valence-corrected chi connectivity index (χ2v) is 5.12. The number of thiazole rings is 1. The number of halogens is 1. The quantitative estimate of drug-likeness (QED) is 0.834. The third-order valence-corrected chi connectivity index (χ3v) is 3.67. The number of hydrogen-bond acceptors (Lipinski definition) is 4. The Balaban J connectivity index is 2.11. The van der Waals surface area contributed by atoms with Gasteiger partial charge in [-0.15, -0.1) is 11.3 Å². The summed E-state index contributed by atoms with van der Waals surface area (Å²) in [5.74, 6) is -0.233. The topological polar surface area (TPSA) is 62.2 Å². The van der Waals surface area contributed by atoms with Crippen LogP contribution in [0, 0.1) is 0 Å². The van der Waals surface area contributed by atoms with E-state index in [1.165, 1.54) is 11.3 Å². The van der Waals surface area contributed by atoms with Gasteiger partial charge in [-0.3, -0.25) is 4.79 Å². The van der Waals surface area contributed by atoms with Crippen molar-refractivity contribution < 1.29 is 9.90 Å². The summed E-state index contributed by atoms with van der Waals surface area (Å²) >= 11 is 7.47. The number of benzene rings is 1. The van der Waals surface area contributed by atoms with E-state index in [1.807, 2.05) is 18.2 Å². The summed E-state index contributed by atoms with van der Waals surface area (Å²) < 4.78 is 0. The first-order chi connectivity index (χ1) is 9.22. The zero-order valence-electron chi connectivity index (χ0n) is 10.1. The maximum Gasteiger partial charge on any atom is 0.270 e. The van der Waals surface area contributed by atoms with Crippen LogP contribution in [0.3, 0.4) is 0 Å². The number of carbonyl (C=O) groups is 1. The second kappa shape index (κ2) is 6.65. The van der Waals surface area contributed by atoms with E-state index in [4.69, 9.17) is 16.7 Å². The Kier molecular flexibility index (Phi) is 4.90. The zero-order chi connectivity index (χ0) is 13.7. The van der Waals surface area contributed by atoms with Gasteiger partial charge >= 0.3 is 0 Å². The van der Waals surface area contributed by atoms with Crippen LogP contribution in [0.4, 0.5) is 0 Å². The first kappa shape index (κ1) is 14.0. The molecule has 0 unspecified atom stereocenters. The monoisotopic (exact) mass is 296 g/mol. The fraction of sp³-hybridized carbons (Fsp3) is 0.231. The molecule has 1 heterocycles. The van der Waals surface area contributed by atoms with Crippen LogP contribution in [-0.2, 0) is 0 Å². The Hall–Kier alpha value is -1.43. The molecule has 1 aromatic heterocycles. The molecular weight excluding hydrogens is 284 g/mol. The lowest BCUT2D eigenvalue weighted by atomic mass is 10.2. The number of carbonyl (C=O) groups excluding carboxylic acids is 1. The van der Waals surface area contributed by atoms with Gasteiger partial charge < -0.3 is 10.4 Å². The number of nitrogens with one attached hydrogen (secondary N) is 1. The van der Waals surface area contributed by atoms with Crippen molar-refractivity contribution in [2.24, 2.45) is 0 Å². The van der Waals surface area contributed by atoms with E-state index in [-0.39, 0.29) is 12.5 Å². The number of hydrogen-bond donors (Lipinski definition) is 2. The van der Waals surface area contributed by atoms with Crippen LogP contribution in [0.15, 0.2) is 29.6 Å². The summed E-state index contributed by atoms with van der Waals surface area (Å²) in [6.45, 7) is 0.497.